The number of carbonyl (C=O) groups excluding carboxylic acids is 5. The molecule has 0 radical (unpaired) electrons. The molecule has 274 valence electrons. The molecule has 51 heavy (non-hydrogen) atoms. The predicted molar refractivity (Wildman–Crippen MR) is 187 cm³/mol. The number of halogens is 1. The summed E-state index contributed by atoms with van der Waals surface area (Å²) in [7, 11) is 1.40. The van der Waals surface area contributed by atoms with Crippen molar-refractivity contribution in [3.8, 4) is 0 Å². The lowest BCUT2D eigenvalue weighted by molar-refractivity contribution is -0.136. The van der Waals surface area contributed by atoms with Gasteiger partial charge >= 0.3 is 6.09 Å². The minimum absolute atomic E-state index is 0.0124. The first-order valence-corrected chi connectivity index (χ1v) is 18.5. The first kappa shape index (κ1) is 36.7. The van der Waals surface area contributed by atoms with E-state index in [0.29, 0.717) is 51.9 Å². The fourth-order valence-electron chi connectivity index (χ4n) is 7.46. The number of aldehydes is 1. The molecule has 15 heteroatoms. The molecule has 0 saturated carbocycles. The maximum absolute atomic E-state index is 15.7. The standard InChI is InChI=1S/C36H45FN6O7S/c1-36(2,3)50-35(48)38-24-10-12-42(13-11-24)51(49)27-7-5-6-22(14-27)18-41-19-25-16-26(20-41)43(25)31-15-23(21-44)28(17-29(31)37)34(47)40(4)30-8-9-32(45)39-33(30)46/h5-7,14-15,17,21,24-26,30H,8-13,16,18-20H2,1-4H3,(H,38,48)(H,39,45,46). The third kappa shape index (κ3) is 8.21. The molecule has 5 heterocycles. The van der Waals surface area contributed by atoms with Crippen LogP contribution < -0.4 is 15.5 Å². The van der Waals surface area contributed by atoms with Gasteiger partial charge in [0.15, 0.2) is 11.2 Å². The van der Waals surface area contributed by atoms with E-state index in [1.54, 1.807) is 0 Å². The van der Waals surface area contributed by atoms with Gasteiger partial charge in [0, 0.05) is 69.9 Å². The summed E-state index contributed by atoms with van der Waals surface area (Å²) >= 11 is -1.35. The lowest BCUT2D eigenvalue weighted by Gasteiger charge is -2.57. The number of hydrogen-bond donors (Lipinski definition) is 2. The summed E-state index contributed by atoms with van der Waals surface area (Å²) in [6.45, 7) is 8.59. The Labute approximate surface area is 300 Å². The fourth-order valence-corrected chi connectivity index (χ4v) is 8.75. The van der Waals surface area contributed by atoms with Crippen LogP contribution in [0.25, 0.3) is 0 Å². The van der Waals surface area contributed by atoms with E-state index >= 15 is 4.39 Å². The van der Waals surface area contributed by atoms with E-state index in [0.717, 1.165) is 27.8 Å². The van der Waals surface area contributed by atoms with Crippen molar-refractivity contribution in [2.75, 3.05) is 38.1 Å². The maximum Gasteiger partial charge on any atom is 0.407 e. The number of likely N-dealkylation sites (N-methyl/N-ethyl adjacent to an activating group) is 1. The highest BCUT2D eigenvalue weighted by molar-refractivity contribution is 7.89. The van der Waals surface area contributed by atoms with Gasteiger partial charge in [-0.3, -0.25) is 29.4 Å². The molecule has 5 aliphatic rings. The van der Waals surface area contributed by atoms with Crippen molar-refractivity contribution in [3.05, 3.63) is 58.9 Å². The number of piperidine rings is 3. The predicted octanol–water partition coefficient (Wildman–Crippen LogP) is 2.99. The van der Waals surface area contributed by atoms with Crippen LogP contribution >= 0.6 is 0 Å². The van der Waals surface area contributed by atoms with E-state index in [9.17, 15) is 28.5 Å². The fraction of sp³-hybridized carbons (Fsp3) is 0.528. The topological polar surface area (TPSA) is 155 Å². The zero-order valence-corrected chi connectivity index (χ0v) is 30.2. The first-order valence-electron chi connectivity index (χ1n) is 17.4. The highest BCUT2D eigenvalue weighted by Gasteiger charge is 2.46. The Morgan fingerprint density at radius 3 is 2.47 bits per heavy atom. The summed E-state index contributed by atoms with van der Waals surface area (Å²) < 4.78 is 36.5. The van der Waals surface area contributed by atoms with Crippen LogP contribution in [-0.2, 0) is 32.2 Å². The zero-order chi connectivity index (χ0) is 36.6. The molecule has 7 rings (SSSR count). The largest absolute Gasteiger partial charge is 0.593 e. The molecular weight excluding hydrogens is 679 g/mol. The highest BCUT2D eigenvalue weighted by atomic mass is 32.2. The number of anilines is 1. The molecule has 5 aliphatic heterocycles. The number of amides is 4. The molecule has 0 aromatic heterocycles. The van der Waals surface area contributed by atoms with Crippen LogP contribution in [0.15, 0.2) is 41.3 Å². The molecule has 4 unspecified atom stereocenters. The van der Waals surface area contributed by atoms with E-state index in [2.05, 4.69) is 15.5 Å². The van der Waals surface area contributed by atoms with Crippen LogP contribution in [0.5, 0.6) is 0 Å². The van der Waals surface area contributed by atoms with Crippen molar-refractivity contribution in [3.63, 3.8) is 0 Å². The summed E-state index contributed by atoms with van der Waals surface area (Å²) in [5.41, 5.74) is 0.615. The SMILES string of the molecule is CN(C(=O)c1cc(F)c(N2C3CC2CN(Cc2cccc([S+]([O-])N4CCC(NC(=O)OC(C)(C)C)CC4)c2)C3)cc1C=O)C1CCC(=O)NC1=O. The number of nitrogens with zero attached hydrogens (tertiary/aromatic N) is 4. The second-order valence-corrected chi connectivity index (χ2v) is 16.3. The smallest absolute Gasteiger partial charge is 0.407 e. The monoisotopic (exact) mass is 724 g/mol. The second kappa shape index (κ2) is 14.9. The summed E-state index contributed by atoms with van der Waals surface area (Å²) in [6, 6.07) is 9.33. The number of imide groups is 1. The number of fused-ring (bicyclic) bond motifs is 2. The number of alkyl carbamates (subject to hydrolysis) is 1. The van der Waals surface area contributed by atoms with Gasteiger partial charge in [0.05, 0.1) is 22.6 Å². The number of piperazine rings is 1. The summed E-state index contributed by atoms with van der Waals surface area (Å²) in [5.74, 6) is -2.31. The quantitative estimate of drug-likeness (QED) is 0.224. The van der Waals surface area contributed by atoms with Crippen molar-refractivity contribution in [1.82, 2.24) is 24.7 Å². The summed E-state index contributed by atoms with van der Waals surface area (Å²) in [6.07, 6.45) is 2.53. The number of benzene rings is 2. The molecule has 4 atom stereocenters. The average Bonchev–Trinajstić information content (AvgIpc) is 3.07. The molecule has 2 aromatic rings. The van der Waals surface area contributed by atoms with Gasteiger partial charge in [-0.15, -0.1) is 4.31 Å². The van der Waals surface area contributed by atoms with E-state index in [4.69, 9.17) is 4.74 Å². The Morgan fingerprint density at radius 1 is 1.12 bits per heavy atom. The maximum atomic E-state index is 15.7. The molecule has 5 fully saturated rings. The lowest BCUT2D eigenvalue weighted by atomic mass is 9.85. The van der Waals surface area contributed by atoms with Gasteiger partial charge in [0.25, 0.3) is 5.91 Å². The Bertz CT molecular complexity index is 1680. The van der Waals surface area contributed by atoms with Gasteiger partial charge in [-0.2, -0.15) is 0 Å². The lowest BCUT2D eigenvalue weighted by Crippen LogP contribution is -2.69. The third-order valence-corrected chi connectivity index (χ3v) is 11.4. The zero-order valence-electron chi connectivity index (χ0n) is 29.4. The van der Waals surface area contributed by atoms with Crippen molar-refractivity contribution in [2.45, 2.75) is 94.1 Å². The average molecular weight is 725 g/mol. The van der Waals surface area contributed by atoms with Crippen molar-refractivity contribution in [2.24, 2.45) is 0 Å². The van der Waals surface area contributed by atoms with Crippen molar-refractivity contribution in [1.29, 1.82) is 0 Å². The number of nitrogens with one attached hydrogen (secondary N) is 2. The second-order valence-electron chi connectivity index (χ2n) is 14.8. The van der Waals surface area contributed by atoms with Crippen LogP contribution in [-0.4, -0.2) is 112 Å². The molecule has 13 nitrogen and oxygen atoms in total. The van der Waals surface area contributed by atoms with E-state index in [-0.39, 0.29) is 47.8 Å². The van der Waals surface area contributed by atoms with Crippen LogP contribution in [0.4, 0.5) is 14.9 Å². The van der Waals surface area contributed by atoms with Gasteiger partial charge in [-0.05, 0) is 76.3 Å². The molecular formula is C36H45FN6O7S. The molecule has 2 aromatic carbocycles. The number of ether oxygens (including phenoxy) is 1. The first-order chi connectivity index (χ1) is 24.2. The molecule has 0 spiro atoms. The Morgan fingerprint density at radius 2 is 1.82 bits per heavy atom. The summed E-state index contributed by atoms with van der Waals surface area (Å²) in [5, 5.41) is 5.13. The van der Waals surface area contributed by atoms with Crippen LogP contribution in [0.2, 0.25) is 0 Å². The van der Waals surface area contributed by atoms with Crippen molar-refractivity contribution >= 4 is 47.2 Å². The molecule has 2 bridgehead atoms. The van der Waals surface area contributed by atoms with Crippen LogP contribution in [0.3, 0.4) is 0 Å². The number of carbonyl (C=O) groups is 5. The molecule has 5 saturated heterocycles. The molecule has 0 aliphatic carbocycles. The van der Waals surface area contributed by atoms with E-state index in [1.807, 2.05) is 54.2 Å². The summed E-state index contributed by atoms with van der Waals surface area (Å²) in [4.78, 5) is 67.6. The Kier molecular flexibility index (Phi) is 10.7. The van der Waals surface area contributed by atoms with Gasteiger partial charge in [-0.25, -0.2) is 9.18 Å². The third-order valence-electron chi connectivity index (χ3n) is 9.94. The van der Waals surface area contributed by atoms with Crippen LogP contribution in [0.1, 0.15) is 79.2 Å². The van der Waals surface area contributed by atoms with Crippen LogP contribution in [0, 0.1) is 5.82 Å². The molecule has 4 amide bonds. The normalized spacial score (nSPS) is 23.6. The number of rotatable bonds is 9. The minimum Gasteiger partial charge on any atom is -0.593 e. The Balaban J connectivity index is 1.04. The van der Waals surface area contributed by atoms with Crippen molar-refractivity contribution < 1.29 is 37.7 Å². The van der Waals surface area contributed by atoms with Gasteiger partial charge in [0.1, 0.15) is 17.5 Å². The number of hydrogen-bond acceptors (Lipinski definition) is 10. The molecule has 2 N–H and O–H groups in total. The van der Waals surface area contributed by atoms with Gasteiger partial charge < -0.3 is 24.4 Å². The van der Waals surface area contributed by atoms with Gasteiger partial charge in [-0.1, -0.05) is 12.1 Å². The Hall–Kier alpha value is -4.05. The van der Waals surface area contributed by atoms with E-state index < -0.39 is 52.6 Å². The van der Waals surface area contributed by atoms with Gasteiger partial charge in [0.2, 0.25) is 11.8 Å². The minimum atomic E-state index is -1.35. The van der Waals surface area contributed by atoms with E-state index in [1.165, 1.54) is 13.1 Å². The highest BCUT2D eigenvalue weighted by Crippen LogP contribution is 2.40.